The first kappa shape index (κ1) is 26.5. The van der Waals surface area contributed by atoms with Gasteiger partial charge in [-0.1, -0.05) is 35.9 Å². The van der Waals surface area contributed by atoms with Gasteiger partial charge in [0.1, 0.15) is 19.0 Å². The summed E-state index contributed by atoms with van der Waals surface area (Å²) in [5.41, 5.74) is 1.74. The third-order valence-corrected chi connectivity index (χ3v) is 9.28. The number of amides is 1. The summed E-state index contributed by atoms with van der Waals surface area (Å²) in [6.07, 6.45) is 0.686. The van der Waals surface area contributed by atoms with Crippen molar-refractivity contribution in [3.8, 4) is 11.5 Å². The van der Waals surface area contributed by atoms with Gasteiger partial charge in [-0.3, -0.25) is 4.79 Å². The molecule has 3 aromatic rings. The van der Waals surface area contributed by atoms with E-state index in [1.165, 1.54) is 16.4 Å². The summed E-state index contributed by atoms with van der Waals surface area (Å²) in [5, 5.41) is 0.388. The number of halogens is 2. The highest BCUT2D eigenvalue weighted by Crippen LogP contribution is 2.36. The largest absolute Gasteiger partial charge is 0.486 e. The van der Waals surface area contributed by atoms with Crippen LogP contribution in [0, 0.1) is 18.7 Å². The molecule has 0 unspecified atom stereocenters. The Morgan fingerprint density at radius 3 is 2.45 bits per heavy atom. The summed E-state index contributed by atoms with van der Waals surface area (Å²) in [5.74, 6) is 0.0923. The van der Waals surface area contributed by atoms with Crippen LogP contribution in [0.4, 0.5) is 10.1 Å². The highest BCUT2D eigenvalue weighted by Gasteiger charge is 2.35. The van der Waals surface area contributed by atoms with E-state index in [2.05, 4.69) is 0 Å². The molecule has 1 saturated heterocycles. The molecule has 0 bridgehead atoms. The second kappa shape index (κ2) is 10.9. The molecule has 38 heavy (non-hydrogen) atoms. The maximum absolute atomic E-state index is 14.6. The van der Waals surface area contributed by atoms with Crippen LogP contribution in [0.25, 0.3) is 0 Å². The van der Waals surface area contributed by atoms with Crippen LogP contribution in [-0.2, 0) is 21.4 Å². The monoisotopic (exact) mass is 558 g/mol. The summed E-state index contributed by atoms with van der Waals surface area (Å²) in [6.45, 7) is 3.07. The van der Waals surface area contributed by atoms with Crippen molar-refractivity contribution in [2.75, 3.05) is 31.2 Å². The highest BCUT2D eigenvalue weighted by molar-refractivity contribution is 7.89. The quantitative estimate of drug-likeness (QED) is 0.416. The van der Waals surface area contributed by atoms with Crippen molar-refractivity contribution in [3.05, 3.63) is 82.6 Å². The van der Waals surface area contributed by atoms with Crippen LogP contribution in [0.5, 0.6) is 11.5 Å². The van der Waals surface area contributed by atoms with Crippen molar-refractivity contribution < 1.29 is 27.1 Å². The van der Waals surface area contributed by atoms with Crippen LogP contribution >= 0.6 is 11.6 Å². The predicted octanol–water partition coefficient (Wildman–Crippen LogP) is 5.19. The number of hydrogen-bond acceptors (Lipinski definition) is 5. The molecule has 0 N–H and O–H groups in total. The molecule has 200 valence electrons. The maximum Gasteiger partial charge on any atom is 0.243 e. The number of fused-ring (bicyclic) bond motifs is 1. The maximum atomic E-state index is 14.6. The first-order chi connectivity index (χ1) is 18.2. The van der Waals surface area contributed by atoms with Crippen molar-refractivity contribution in [1.82, 2.24) is 4.31 Å². The molecule has 1 amide bonds. The third-order valence-electron chi connectivity index (χ3n) is 6.97. The Bertz CT molecular complexity index is 1460. The number of ether oxygens (including phenoxy) is 2. The first-order valence-electron chi connectivity index (χ1n) is 12.4. The van der Waals surface area contributed by atoms with Gasteiger partial charge in [0, 0.05) is 41.3 Å². The number of sulfonamides is 1. The van der Waals surface area contributed by atoms with E-state index in [1.807, 2.05) is 6.92 Å². The minimum absolute atomic E-state index is 0.0333. The molecule has 7 nitrogen and oxygen atoms in total. The van der Waals surface area contributed by atoms with Crippen molar-refractivity contribution in [1.29, 1.82) is 0 Å². The lowest BCUT2D eigenvalue weighted by Crippen LogP contribution is -2.44. The number of piperidine rings is 1. The predicted molar refractivity (Wildman–Crippen MR) is 143 cm³/mol. The smallest absolute Gasteiger partial charge is 0.243 e. The second-order valence-electron chi connectivity index (χ2n) is 9.43. The topological polar surface area (TPSA) is 76.2 Å². The van der Waals surface area contributed by atoms with E-state index < -0.39 is 21.8 Å². The lowest BCUT2D eigenvalue weighted by Gasteiger charge is -2.34. The molecule has 1 fully saturated rings. The van der Waals surface area contributed by atoms with Crippen LogP contribution < -0.4 is 14.4 Å². The number of rotatable bonds is 6. The van der Waals surface area contributed by atoms with Gasteiger partial charge in [-0.2, -0.15) is 4.31 Å². The van der Waals surface area contributed by atoms with Gasteiger partial charge in [0.2, 0.25) is 15.9 Å². The molecule has 2 heterocycles. The molecular weight excluding hydrogens is 531 g/mol. The molecule has 0 aromatic heterocycles. The Labute approximate surface area is 226 Å². The van der Waals surface area contributed by atoms with Gasteiger partial charge in [0.25, 0.3) is 0 Å². The Morgan fingerprint density at radius 2 is 1.74 bits per heavy atom. The summed E-state index contributed by atoms with van der Waals surface area (Å²) in [6, 6.07) is 16.3. The molecule has 0 aliphatic carbocycles. The molecule has 0 atom stereocenters. The number of anilines is 1. The zero-order valence-electron chi connectivity index (χ0n) is 20.9. The number of hydrogen-bond donors (Lipinski definition) is 0. The van der Waals surface area contributed by atoms with Crippen molar-refractivity contribution in [3.63, 3.8) is 0 Å². The normalized spacial score (nSPS) is 16.3. The van der Waals surface area contributed by atoms with Crippen molar-refractivity contribution in [2.45, 2.75) is 31.2 Å². The fourth-order valence-corrected chi connectivity index (χ4v) is 6.48. The molecule has 5 rings (SSSR count). The lowest BCUT2D eigenvalue weighted by atomic mass is 9.96. The third kappa shape index (κ3) is 5.36. The zero-order valence-corrected chi connectivity index (χ0v) is 22.5. The van der Waals surface area contributed by atoms with Crippen LogP contribution in [-0.4, -0.2) is 44.9 Å². The second-order valence-corrected chi connectivity index (χ2v) is 11.8. The van der Waals surface area contributed by atoms with Gasteiger partial charge >= 0.3 is 0 Å². The van der Waals surface area contributed by atoms with Crippen molar-refractivity contribution in [2.24, 2.45) is 5.92 Å². The number of carbonyl (C=O) groups excluding carboxylic acids is 1. The summed E-state index contributed by atoms with van der Waals surface area (Å²) >= 11 is 6.16. The summed E-state index contributed by atoms with van der Waals surface area (Å²) in [7, 11) is -3.74. The van der Waals surface area contributed by atoms with E-state index >= 15 is 0 Å². The van der Waals surface area contributed by atoms with Gasteiger partial charge in [-0.15, -0.1) is 0 Å². The van der Waals surface area contributed by atoms with Crippen molar-refractivity contribution >= 4 is 33.2 Å². The standard InChI is InChI=1S/C28H28ClFN2O5S/c1-19-6-8-23(17-24(19)29)38(34,35)31-12-10-20(11-13-31)28(33)32(18-21-4-2-3-5-25(21)30)22-7-9-26-27(16-22)37-15-14-36-26/h2-9,16-17,20H,10-15,18H2,1H3. The first-order valence-corrected chi connectivity index (χ1v) is 14.3. The van der Waals surface area contributed by atoms with E-state index in [4.69, 9.17) is 21.1 Å². The van der Waals surface area contributed by atoms with E-state index in [1.54, 1.807) is 53.4 Å². The molecule has 0 radical (unpaired) electrons. The number of nitrogens with zero attached hydrogens (tertiary/aromatic N) is 2. The fourth-order valence-electron chi connectivity index (χ4n) is 4.74. The molecule has 3 aromatic carbocycles. The average molecular weight is 559 g/mol. The summed E-state index contributed by atoms with van der Waals surface area (Å²) < 4.78 is 53.7. The average Bonchev–Trinajstić information content (AvgIpc) is 2.93. The van der Waals surface area contributed by atoms with Crippen LogP contribution in [0.1, 0.15) is 24.0 Å². The van der Waals surface area contributed by atoms with E-state index in [0.29, 0.717) is 53.8 Å². The van der Waals surface area contributed by atoms with Crippen LogP contribution in [0.2, 0.25) is 5.02 Å². The van der Waals surface area contributed by atoms with Gasteiger partial charge in [0.15, 0.2) is 11.5 Å². The number of benzene rings is 3. The summed E-state index contributed by atoms with van der Waals surface area (Å²) in [4.78, 5) is 15.5. The number of aryl methyl sites for hydroxylation is 1. The highest BCUT2D eigenvalue weighted by atomic mass is 35.5. The van der Waals surface area contributed by atoms with Crippen LogP contribution in [0.3, 0.4) is 0 Å². The Kier molecular flexibility index (Phi) is 7.61. The zero-order chi connectivity index (χ0) is 26.9. The van der Waals surface area contributed by atoms with E-state index in [9.17, 15) is 17.6 Å². The number of carbonyl (C=O) groups is 1. The Balaban J connectivity index is 1.37. The van der Waals surface area contributed by atoms with Gasteiger partial charge in [0.05, 0.1) is 11.4 Å². The van der Waals surface area contributed by atoms with Gasteiger partial charge in [-0.05, 0) is 55.7 Å². The lowest BCUT2D eigenvalue weighted by molar-refractivity contribution is -0.123. The molecule has 0 spiro atoms. The molecule has 2 aliphatic heterocycles. The minimum Gasteiger partial charge on any atom is -0.486 e. The fraction of sp³-hybridized carbons (Fsp3) is 0.321. The SMILES string of the molecule is Cc1ccc(S(=O)(=O)N2CCC(C(=O)N(Cc3ccccc3F)c3ccc4c(c3)OCCO4)CC2)cc1Cl. The Morgan fingerprint density at radius 1 is 1.03 bits per heavy atom. The van der Waals surface area contributed by atoms with E-state index in [-0.39, 0.29) is 30.4 Å². The molecular formula is C28H28ClFN2O5S. The van der Waals surface area contributed by atoms with Gasteiger partial charge < -0.3 is 14.4 Å². The molecule has 2 aliphatic rings. The molecule has 10 heteroatoms. The van der Waals surface area contributed by atoms with Gasteiger partial charge in [-0.25, -0.2) is 12.8 Å². The minimum atomic E-state index is -3.74. The molecule has 0 saturated carbocycles. The Hall–Kier alpha value is -3.14. The van der Waals surface area contributed by atoms with E-state index in [0.717, 1.165) is 5.56 Å². The van der Waals surface area contributed by atoms with Crippen LogP contribution in [0.15, 0.2) is 65.6 Å².